The molecule has 0 aromatic carbocycles. The summed E-state index contributed by atoms with van der Waals surface area (Å²) < 4.78 is 35.3. The van der Waals surface area contributed by atoms with Crippen LogP contribution >= 0.6 is 0 Å². The minimum atomic E-state index is -4.13. The lowest BCUT2D eigenvalue weighted by atomic mass is 10.2. The van der Waals surface area contributed by atoms with E-state index in [0.717, 1.165) is 5.57 Å². The van der Waals surface area contributed by atoms with Crippen molar-refractivity contribution >= 4 is 10.1 Å². The van der Waals surface area contributed by atoms with Crippen molar-refractivity contribution in [3.8, 4) is 0 Å². The van der Waals surface area contributed by atoms with Crippen LogP contribution in [0.1, 0.15) is 27.7 Å². The quantitative estimate of drug-likeness (QED) is 0.565. The molecule has 1 atom stereocenters. The largest absolute Gasteiger partial charge is 0.479 e. The Balaban J connectivity index is 4.57. The predicted molar refractivity (Wildman–Crippen MR) is 50.7 cm³/mol. The Morgan fingerprint density at radius 2 is 1.85 bits per heavy atom. The highest BCUT2D eigenvalue weighted by molar-refractivity contribution is 7.86. The third-order valence-corrected chi connectivity index (χ3v) is 2.52. The second-order valence-corrected chi connectivity index (χ2v) is 4.95. The lowest BCUT2D eigenvalue weighted by Gasteiger charge is -2.17. The molecule has 0 aliphatic heterocycles. The number of hydrogen-bond donors (Lipinski definition) is 1. The van der Waals surface area contributed by atoms with Gasteiger partial charge in [-0.05, 0) is 19.4 Å². The summed E-state index contributed by atoms with van der Waals surface area (Å²) >= 11 is 0. The normalized spacial score (nSPS) is 14.0. The summed E-state index contributed by atoms with van der Waals surface area (Å²) in [6.45, 7) is 6.89. The number of ether oxygens (including phenoxy) is 1. The molecule has 0 amide bonds. The summed E-state index contributed by atoms with van der Waals surface area (Å²) in [5, 5.41) is 0. The fourth-order valence-electron chi connectivity index (χ4n) is 0.774. The van der Waals surface area contributed by atoms with Gasteiger partial charge in [0.2, 0.25) is 5.44 Å². The highest BCUT2D eigenvalue weighted by Gasteiger charge is 2.27. The molecule has 0 rings (SSSR count). The van der Waals surface area contributed by atoms with Gasteiger partial charge >= 0.3 is 10.1 Å². The van der Waals surface area contributed by atoms with Gasteiger partial charge in [-0.15, -0.1) is 0 Å². The van der Waals surface area contributed by atoms with Gasteiger partial charge in [-0.2, -0.15) is 8.42 Å². The zero-order valence-corrected chi connectivity index (χ0v) is 9.13. The molecular formula is C8H16O4S. The highest BCUT2D eigenvalue weighted by Crippen LogP contribution is 2.13. The van der Waals surface area contributed by atoms with E-state index < -0.39 is 15.6 Å². The van der Waals surface area contributed by atoms with Crippen molar-refractivity contribution in [3.05, 3.63) is 11.8 Å². The Bertz CT molecular complexity index is 273. The van der Waals surface area contributed by atoms with Crippen molar-refractivity contribution in [2.45, 2.75) is 33.1 Å². The fraction of sp³-hybridized carbons (Fsp3) is 0.750. The molecule has 0 spiro atoms. The average molecular weight is 208 g/mol. The van der Waals surface area contributed by atoms with Crippen molar-refractivity contribution in [1.82, 2.24) is 0 Å². The molecule has 5 heteroatoms. The summed E-state index contributed by atoms with van der Waals surface area (Å²) in [4.78, 5) is 0. The van der Waals surface area contributed by atoms with Crippen LogP contribution < -0.4 is 0 Å². The SMILES string of the molecule is CC(C)=COC(C(C)C)S(=O)(=O)O. The molecular weight excluding hydrogens is 192 g/mol. The lowest BCUT2D eigenvalue weighted by Crippen LogP contribution is -2.27. The molecule has 0 fully saturated rings. The number of allylic oxidation sites excluding steroid dienone is 1. The van der Waals surface area contributed by atoms with Gasteiger partial charge in [0.05, 0.1) is 6.26 Å². The standard InChI is InChI=1S/C8H16O4S/c1-6(2)5-12-8(7(3)4)13(9,10)11/h5,7-8H,1-4H3,(H,9,10,11). The zero-order valence-electron chi connectivity index (χ0n) is 8.31. The Kier molecular flexibility index (Phi) is 4.43. The second kappa shape index (κ2) is 4.62. The van der Waals surface area contributed by atoms with Crippen LogP contribution in [0.4, 0.5) is 0 Å². The maximum absolute atomic E-state index is 10.8. The summed E-state index contributed by atoms with van der Waals surface area (Å²) in [6, 6.07) is 0. The van der Waals surface area contributed by atoms with Crippen molar-refractivity contribution in [2.75, 3.05) is 0 Å². The van der Waals surface area contributed by atoms with Gasteiger partial charge < -0.3 is 4.74 Å². The van der Waals surface area contributed by atoms with Crippen LogP contribution in [0.2, 0.25) is 0 Å². The van der Waals surface area contributed by atoms with Crippen molar-refractivity contribution < 1.29 is 17.7 Å². The summed E-state index contributed by atoms with van der Waals surface area (Å²) in [6.07, 6.45) is 1.33. The molecule has 13 heavy (non-hydrogen) atoms. The number of rotatable bonds is 4. The van der Waals surface area contributed by atoms with E-state index in [2.05, 4.69) is 0 Å². The molecule has 4 nitrogen and oxygen atoms in total. The van der Waals surface area contributed by atoms with Crippen LogP contribution in [0, 0.1) is 5.92 Å². The Morgan fingerprint density at radius 1 is 1.38 bits per heavy atom. The maximum atomic E-state index is 10.8. The van der Waals surface area contributed by atoms with Crippen LogP contribution in [-0.2, 0) is 14.9 Å². The molecule has 0 aromatic heterocycles. The molecule has 0 aromatic rings. The molecule has 1 N–H and O–H groups in total. The van der Waals surface area contributed by atoms with Gasteiger partial charge in [0.1, 0.15) is 0 Å². The molecule has 0 bridgehead atoms. The molecule has 0 radical (unpaired) electrons. The predicted octanol–water partition coefficient (Wildman–Crippen LogP) is 1.80. The van der Waals surface area contributed by atoms with E-state index in [0.29, 0.717) is 0 Å². The minimum absolute atomic E-state index is 0.286. The van der Waals surface area contributed by atoms with Gasteiger partial charge in [0.25, 0.3) is 0 Å². The van der Waals surface area contributed by atoms with Gasteiger partial charge in [0, 0.05) is 5.92 Å². The van der Waals surface area contributed by atoms with Crippen LogP contribution in [-0.4, -0.2) is 18.4 Å². The van der Waals surface area contributed by atoms with Gasteiger partial charge in [-0.25, -0.2) is 0 Å². The van der Waals surface area contributed by atoms with E-state index >= 15 is 0 Å². The van der Waals surface area contributed by atoms with Crippen molar-refractivity contribution in [3.63, 3.8) is 0 Å². The van der Waals surface area contributed by atoms with E-state index in [4.69, 9.17) is 9.29 Å². The van der Waals surface area contributed by atoms with E-state index in [1.807, 2.05) is 0 Å². The van der Waals surface area contributed by atoms with Gasteiger partial charge in [-0.1, -0.05) is 13.8 Å². The smallest absolute Gasteiger partial charge is 0.303 e. The van der Waals surface area contributed by atoms with Crippen molar-refractivity contribution in [2.24, 2.45) is 5.92 Å². The summed E-state index contributed by atoms with van der Waals surface area (Å²) in [5.41, 5.74) is -0.336. The first-order valence-corrected chi connectivity index (χ1v) is 5.50. The third-order valence-electron chi connectivity index (χ3n) is 1.28. The van der Waals surface area contributed by atoms with E-state index in [1.54, 1.807) is 27.7 Å². The van der Waals surface area contributed by atoms with Crippen molar-refractivity contribution in [1.29, 1.82) is 0 Å². The molecule has 0 heterocycles. The Morgan fingerprint density at radius 3 is 2.08 bits per heavy atom. The molecule has 78 valence electrons. The lowest BCUT2D eigenvalue weighted by molar-refractivity contribution is 0.156. The van der Waals surface area contributed by atoms with Gasteiger partial charge in [-0.3, -0.25) is 4.55 Å². The zero-order chi connectivity index (χ0) is 10.6. The molecule has 0 saturated heterocycles. The second-order valence-electron chi connectivity index (χ2n) is 3.46. The summed E-state index contributed by atoms with van der Waals surface area (Å²) in [5.74, 6) is -0.286. The minimum Gasteiger partial charge on any atom is -0.479 e. The first kappa shape index (κ1) is 12.4. The monoisotopic (exact) mass is 208 g/mol. The molecule has 0 aliphatic carbocycles. The number of hydrogen-bond acceptors (Lipinski definition) is 3. The van der Waals surface area contributed by atoms with E-state index in [1.165, 1.54) is 6.26 Å². The van der Waals surface area contributed by atoms with Crippen LogP contribution in [0.5, 0.6) is 0 Å². The fourth-order valence-corrected chi connectivity index (χ4v) is 1.66. The molecule has 0 aliphatic rings. The van der Waals surface area contributed by atoms with Crippen LogP contribution in [0.3, 0.4) is 0 Å². The molecule has 0 saturated carbocycles. The first-order valence-electron chi connectivity index (χ1n) is 4.00. The molecule has 1 unspecified atom stereocenters. The van der Waals surface area contributed by atoms with Crippen LogP contribution in [0.25, 0.3) is 0 Å². The summed E-state index contributed by atoms with van der Waals surface area (Å²) in [7, 11) is -4.13. The van der Waals surface area contributed by atoms with E-state index in [9.17, 15) is 8.42 Å². The topological polar surface area (TPSA) is 63.6 Å². The first-order chi connectivity index (χ1) is 5.75. The highest BCUT2D eigenvalue weighted by atomic mass is 32.2. The maximum Gasteiger partial charge on any atom is 0.303 e. The Hall–Kier alpha value is -0.550. The third kappa shape index (κ3) is 4.90. The Labute approximate surface area is 79.3 Å². The van der Waals surface area contributed by atoms with Gasteiger partial charge in [0.15, 0.2) is 0 Å². The average Bonchev–Trinajstić information content (AvgIpc) is 1.81. The van der Waals surface area contributed by atoms with E-state index in [-0.39, 0.29) is 5.92 Å². The van der Waals surface area contributed by atoms with Crippen LogP contribution in [0.15, 0.2) is 11.8 Å².